The lowest BCUT2D eigenvalue weighted by Crippen LogP contribution is -2.59. The number of carbonyl (C=O) groups is 2. The predicted molar refractivity (Wildman–Crippen MR) is 67.6 cm³/mol. The van der Waals surface area contributed by atoms with Crippen molar-refractivity contribution in [1.29, 1.82) is 0 Å². The van der Waals surface area contributed by atoms with E-state index in [0.717, 1.165) is 12.8 Å². The van der Waals surface area contributed by atoms with Crippen molar-refractivity contribution in [3.8, 4) is 0 Å². The van der Waals surface area contributed by atoms with Gasteiger partial charge in [0.05, 0.1) is 0 Å². The summed E-state index contributed by atoms with van der Waals surface area (Å²) in [5.74, 6) is -0.937. The van der Waals surface area contributed by atoms with Crippen molar-refractivity contribution < 1.29 is 23.8 Å². The van der Waals surface area contributed by atoms with Gasteiger partial charge in [-0.25, -0.2) is 9.59 Å². The largest absolute Gasteiger partial charge is 0.454 e. The Labute approximate surface area is 116 Å². The van der Waals surface area contributed by atoms with E-state index in [9.17, 15) is 9.59 Å². The van der Waals surface area contributed by atoms with Gasteiger partial charge in [0.15, 0.2) is 17.3 Å². The van der Waals surface area contributed by atoms with Crippen LogP contribution in [0.25, 0.3) is 0 Å². The van der Waals surface area contributed by atoms with Gasteiger partial charge in [0, 0.05) is 17.6 Å². The molecule has 0 aromatic heterocycles. The molecule has 0 amide bonds. The van der Waals surface area contributed by atoms with E-state index in [1.165, 1.54) is 6.08 Å². The molecule has 0 bridgehead atoms. The number of fused-ring (bicyclic) bond motifs is 2. The average molecular weight is 276 g/mol. The lowest BCUT2D eigenvalue weighted by Gasteiger charge is -2.40. The van der Waals surface area contributed by atoms with Crippen molar-refractivity contribution in [2.45, 2.75) is 49.6 Å². The van der Waals surface area contributed by atoms with Crippen LogP contribution in [0.5, 0.6) is 0 Å². The summed E-state index contributed by atoms with van der Waals surface area (Å²) in [5, 5.41) is 0. The fraction of sp³-hybridized carbons (Fsp3) is 0.600. The second kappa shape index (κ2) is 3.17. The number of hydrogen-bond acceptors (Lipinski definition) is 5. The standard InChI is InChI=1S/C15H16O5/c1-8-9-4-6-13(2)15(20-13)7-5-10(16)19-14(15,3)11(9)18-12(8)17/h5,7,9,11H,1,4,6H2,2-3H3/t9-,11+,13-,14-,15-/m0/s1. The van der Waals surface area contributed by atoms with Crippen LogP contribution in [0.4, 0.5) is 0 Å². The highest BCUT2D eigenvalue weighted by atomic mass is 16.7. The van der Waals surface area contributed by atoms with Gasteiger partial charge in [-0.15, -0.1) is 0 Å². The van der Waals surface area contributed by atoms with E-state index in [-0.39, 0.29) is 11.5 Å². The zero-order chi connectivity index (χ0) is 14.3. The number of epoxide rings is 1. The van der Waals surface area contributed by atoms with Crippen LogP contribution in [0, 0.1) is 5.92 Å². The SMILES string of the molecule is C=C1C(=O)O[C@@H]2[C@H]1CC[C@]1(C)O[C@@]13C=CC(=O)O[C@@]23C. The van der Waals surface area contributed by atoms with Crippen LogP contribution >= 0.6 is 0 Å². The molecule has 3 aliphatic heterocycles. The first-order chi connectivity index (χ1) is 9.33. The summed E-state index contributed by atoms with van der Waals surface area (Å²) in [6.07, 6.45) is 4.17. The summed E-state index contributed by atoms with van der Waals surface area (Å²) in [6.45, 7) is 7.65. The molecule has 5 heteroatoms. The number of ether oxygens (including phenoxy) is 3. The Morgan fingerprint density at radius 2 is 2.10 bits per heavy atom. The van der Waals surface area contributed by atoms with E-state index in [1.54, 1.807) is 13.0 Å². The molecule has 0 aromatic carbocycles. The minimum absolute atomic E-state index is 0.114. The molecule has 0 radical (unpaired) electrons. The Balaban J connectivity index is 1.88. The predicted octanol–water partition coefficient (Wildman–Crippen LogP) is 1.28. The topological polar surface area (TPSA) is 65.1 Å². The molecule has 0 N–H and O–H groups in total. The summed E-state index contributed by atoms with van der Waals surface area (Å²) in [6, 6.07) is 0. The van der Waals surface area contributed by atoms with Gasteiger partial charge in [-0.2, -0.15) is 0 Å². The van der Waals surface area contributed by atoms with E-state index >= 15 is 0 Å². The average Bonchev–Trinajstić information content (AvgIpc) is 2.89. The molecule has 3 heterocycles. The van der Waals surface area contributed by atoms with E-state index in [4.69, 9.17) is 14.2 Å². The number of rotatable bonds is 0. The molecule has 1 aliphatic carbocycles. The maximum Gasteiger partial charge on any atom is 0.334 e. The van der Waals surface area contributed by atoms with Crippen LogP contribution in [-0.2, 0) is 23.8 Å². The third kappa shape index (κ3) is 1.10. The molecule has 4 rings (SSSR count). The first-order valence-electron chi connectivity index (χ1n) is 6.85. The van der Waals surface area contributed by atoms with Gasteiger partial charge < -0.3 is 14.2 Å². The number of carbonyl (C=O) groups excluding carboxylic acids is 2. The molecule has 106 valence electrons. The molecule has 1 spiro atoms. The van der Waals surface area contributed by atoms with E-state index in [0.29, 0.717) is 5.57 Å². The van der Waals surface area contributed by atoms with Crippen molar-refractivity contribution >= 4 is 11.9 Å². The fourth-order valence-corrected chi connectivity index (χ4v) is 4.20. The highest BCUT2D eigenvalue weighted by Crippen LogP contribution is 2.65. The fourth-order valence-electron chi connectivity index (χ4n) is 4.20. The van der Waals surface area contributed by atoms with Gasteiger partial charge in [-0.1, -0.05) is 6.58 Å². The third-order valence-electron chi connectivity index (χ3n) is 5.42. The van der Waals surface area contributed by atoms with Crippen molar-refractivity contribution in [1.82, 2.24) is 0 Å². The molecule has 5 atom stereocenters. The second-order valence-corrected chi connectivity index (χ2v) is 6.43. The molecular weight excluding hydrogens is 260 g/mol. The molecule has 0 unspecified atom stereocenters. The first kappa shape index (κ1) is 12.1. The zero-order valence-corrected chi connectivity index (χ0v) is 11.5. The van der Waals surface area contributed by atoms with E-state index in [2.05, 4.69) is 6.58 Å². The summed E-state index contributed by atoms with van der Waals surface area (Å²) in [4.78, 5) is 23.6. The van der Waals surface area contributed by atoms with Crippen LogP contribution in [0.2, 0.25) is 0 Å². The van der Waals surface area contributed by atoms with Crippen molar-refractivity contribution in [3.05, 3.63) is 24.3 Å². The molecule has 5 nitrogen and oxygen atoms in total. The highest BCUT2D eigenvalue weighted by molar-refractivity contribution is 5.91. The summed E-state index contributed by atoms with van der Waals surface area (Å²) in [5.41, 5.74) is -1.60. The van der Waals surface area contributed by atoms with Gasteiger partial charge in [-0.05, 0) is 32.8 Å². The summed E-state index contributed by atoms with van der Waals surface area (Å²) < 4.78 is 17.1. The minimum atomic E-state index is -0.996. The smallest absolute Gasteiger partial charge is 0.334 e. The molecule has 3 fully saturated rings. The maximum atomic E-state index is 11.8. The van der Waals surface area contributed by atoms with Gasteiger partial charge in [0.2, 0.25) is 0 Å². The number of hydrogen-bond donors (Lipinski definition) is 0. The lowest BCUT2D eigenvalue weighted by molar-refractivity contribution is -0.187. The van der Waals surface area contributed by atoms with Gasteiger partial charge in [0.25, 0.3) is 0 Å². The first-order valence-corrected chi connectivity index (χ1v) is 6.85. The highest BCUT2D eigenvalue weighted by Gasteiger charge is 2.81. The van der Waals surface area contributed by atoms with Crippen LogP contribution in [0.3, 0.4) is 0 Å². The third-order valence-corrected chi connectivity index (χ3v) is 5.42. The molecule has 20 heavy (non-hydrogen) atoms. The van der Waals surface area contributed by atoms with Gasteiger partial charge >= 0.3 is 11.9 Å². The monoisotopic (exact) mass is 276 g/mol. The summed E-state index contributed by atoms with van der Waals surface area (Å²) in [7, 11) is 0. The van der Waals surface area contributed by atoms with Crippen LogP contribution in [0.15, 0.2) is 24.3 Å². The zero-order valence-electron chi connectivity index (χ0n) is 11.5. The Morgan fingerprint density at radius 1 is 1.35 bits per heavy atom. The van der Waals surface area contributed by atoms with Crippen molar-refractivity contribution in [2.24, 2.45) is 5.92 Å². The molecular formula is C15H16O5. The maximum absolute atomic E-state index is 11.8. The Kier molecular flexibility index (Phi) is 1.92. The molecule has 1 saturated carbocycles. The number of esters is 2. The Hall–Kier alpha value is -1.62. The summed E-state index contributed by atoms with van der Waals surface area (Å²) >= 11 is 0. The Bertz CT molecular complexity index is 593. The van der Waals surface area contributed by atoms with E-state index < -0.39 is 29.2 Å². The Morgan fingerprint density at radius 3 is 2.85 bits per heavy atom. The minimum Gasteiger partial charge on any atom is -0.454 e. The van der Waals surface area contributed by atoms with Crippen molar-refractivity contribution in [2.75, 3.05) is 0 Å². The molecule has 2 saturated heterocycles. The van der Waals surface area contributed by atoms with Gasteiger partial charge in [0.1, 0.15) is 5.60 Å². The normalized spacial score (nSPS) is 52.4. The van der Waals surface area contributed by atoms with Gasteiger partial charge in [-0.3, -0.25) is 0 Å². The van der Waals surface area contributed by atoms with Crippen LogP contribution in [0.1, 0.15) is 26.7 Å². The van der Waals surface area contributed by atoms with Crippen LogP contribution in [-0.4, -0.2) is 34.8 Å². The van der Waals surface area contributed by atoms with Crippen molar-refractivity contribution in [3.63, 3.8) is 0 Å². The lowest BCUT2D eigenvalue weighted by atomic mass is 9.74. The molecule has 4 aliphatic rings. The second-order valence-electron chi connectivity index (χ2n) is 6.43. The van der Waals surface area contributed by atoms with Crippen LogP contribution < -0.4 is 0 Å². The van der Waals surface area contributed by atoms with E-state index in [1.807, 2.05) is 6.92 Å². The molecule has 0 aromatic rings. The quantitative estimate of drug-likeness (QED) is 0.379.